The van der Waals surface area contributed by atoms with Crippen molar-refractivity contribution in [2.75, 3.05) is 22.8 Å². The molecule has 4 atom stereocenters. The SMILES string of the molecule is Nc1ncnc2c1NNN2[C@@H]1C[C@H](CO)[C@@H](O)[C@H]1O. The van der Waals surface area contributed by atoms with E-state index in [4.69, 9.17) is 5.73 Å². The van der Waals surface area contributed by atoms with Gasteiger partial charge < -0.3 is 21.1 Å². The molecule has 19 heavy (non-hydrogen) atoms. The molecule has 1 saturated carbocycles. The van der Waals surface area contributed by atoms with E-state index in [-0.39, 0.29) is 12.5 Å². The number of nitrogen functional groups attached to an aromatic ring is 1. The zero-order valence-electron chi connectivity index (χ0n) is 10.1. The van der Waals surface area contributed by atoms with Gasteiger partial charge in [0.15, 0.2) is 11.6 Å². The standard InChI is InChI=1S/C10H16N6O3/c11-9-6-10(13-3-12-9)16(15-14-6)5-1-4(2-17)7(18)8(5)19/h3-5,7-8,14-15,17-19H,1-2H2,(H2,11,12,13)/t4-,5-,7-,8+/m1/s1. The fourth-order valence-corrected chi connectivity index (χ4v) is 2.64. The number of aliphatic hydroxyl groups is 3. The molecule has 1 aromatic rings. The van der Waals surface area contributed by atoms with Gasteiger partial charge in [0.1, 0.15) is 18.1 Å². The highest BCUT2D eigenvalue weighted by Crippen LogP contribution is 2.37. The normalized spacial score (nSPS) is 33.3. The van der Waals surface area contributed by atoms with Gasteiger partial charge in [-0.05, 0) is 6.42 Å². The lowest BCUT2D eigenvalue weighted by atomic mass is 10.1. The minimum atomic E-state index is -0.978. The van der Waals surface area contributed by atoms with Gasteiger partial charge in [0, 0.05) is 12.5 Å². The largest absolute Gasteiger partial charge is 0.396 e. The van der Waals surface area contributed by atoms with Crippen LogP contribution in [0, 0.1) is 5.92 Å². The molecule has 0 bridgehead atoms. The number of fused-ring (bicyclic) bond motifs is 1. The van der Waals surface area contributed by atoms with Crippen LogP contribution in [0.1, 0.15) is 6.42 Å². The molecule has 7 N–H and O–H groups in total. The van der Waals surface area contributed by atoms with Gasteiger partial charge in [0.05, 0.1) is 12.1 Å². The highest BCUT2D eigenvalue weighted by Gasteiger charge is 2.46. The number of hydrogen-bond acceptors (Lipinski definition) is 9. The third-order valence-electron chi connectivity index (χ3n) is 3.72. The van der Waals surface area contributed by atoms with Crippen LogP contribution in [0.15, 0.2) is 6.33 Å². The molecule has 0 unspecified atom stereocenters. The summed E-state index contributed by atoms with van der Waals surface area (Å²) in [7, 11) is 0. The smallest absolute Gasteiger partial charge is 0.175 e. The number of nitrogens with one attached hydrogen (secondary N) is 2. The molecule has 9 heteroatoms. The van der Waals surface area contributed by atoms with Crippen LogP contribution in [0.4, 0.5) is 17.3 Å². The summed E-state index contributed by atoms with van der Waals surface area (Å²) in [5.41, 5.74) is 11.9. The Labute approximate surface area is 109 Å². The van der Waals surface area contributed by atoms with Crippen molar-refractivity contribution in [3.8, 4) is 0 Å². The van der Waals surface area contributed by atoms with E-state index < -0.39 is 18.2 Å². The molecule has 1 fully saturated rings. The predicted octanol–water partition coefficient (Wildman–Crippen LogP) is -2.19. The molecule has 1 aliphatic carbocycles. The van der Waals surface area contributed by atoms with Crippen LogP contribution in [-0.4, -0.2) is 50.1 Å². The Hall–Kier alpha value is -1.68. The molecule has 1 aliphatic heterocycles. The second-order valence-electron chi connectivity index (χ2n) is 4.79. The molecule has 0 saturated heterocycles. The fraction of sp³-hybridized carbons (Fsp3) is 0.600. The van der Waals surface area contributed by atoms with Gasteiger partial charge in [0.25, 0.3) is 0 Å². The van der Waals surface area contributed by atoms with Gasteiger partial charge in [-0.25, -0.2) is 9.97 Å². The quantitative estimate of drug-likeness (QED) is 0.353. The number of hydrazine groups is 2. The summed E-state index contributed by atoms with van der Waals surface area (Å²) >= 11 is 0. The zero-order valence-corrected chi connectivity index (χ0v) is 10.1. The van der Waals surface area contributed by atoms with Gasteiger partial charge in [-0.15, -0.1) is 5.53 Å². The van der Waals surface area contributed by atoms with Crippen LogP contribution in [0.5, 0.6) is 0 Å². The summed E-state index contributed by atoms with van der Waals surface area (Å²) < 4.78 is 0. The lowest BCUT2D eigenvalue weighted by Gasteiger charge is -2.27. The fourth-order valence-electron chi connectivity index (χ4n) is 2.64. The molecule has 3 rings (SSSR count). The summed E-state index contributed by atoms with van der Waals surface area (Å²) in [6.07, 6.45) is -0.165. The number of nitrogens with zero attached hydrogens (tertiary/aromatic N) is 3. The number of nitrogens with two attached hydrogens (primary N) is 1. The molecule has 0 amide bonds. The van der Waals surface area contributed by atoms with Crippen LogP contribution < -0.4 is 21.7 Å². The van der Waals surface area contributed by atoms with E-state index in [9.17, 15) is 15.3 Å². The van der Waals surface area contributed by atoms with Crippen LogP contribution in [-0.2, 0) is 0 Å². The first-order valence-electron chi connectivity index (χ1n) is 6.02. The maximum absolute atomic E-state index is 10.1. The van der Waals surface area contributed by atoms with Crippen LogP contribution in [0.25, 0.3) is 0 Å². The molecule has 0 spiro atoms. The van der Waals surface area contributed by atoms with Gasteiger partial charge in [-0.1, -0.05) is 0 Å². The van der Waals surface area contributed by atoms with Crippen LogP contribution in [0.2, 0.25) is 0 Å². The Balaban J connectivity index is 1.88. The lowest BCUT2D eigenvalue weighted by Crippen LogP contribution is -2.49. The molecule has 1 aromatic heterocycles. The summed E-state index contributed by atoms with van der Waals surface area (Å²) in [4.78, 5) is 7.97. The minimum absolute atomic E-state index is 0.172. The van der Waals surface area contributed by atoms with Crippen LogP contribution in [0.3, 0.4) is 0 Å². The zero-order chi connectivity index (χ0) is 13.6. The van der Waals surface area contributed by atoms with Crippen molar-refractivity contribution in [1.29, 1.82) is 0 Å². The first kappa shape index (κ1) is 12.4. The Kier molecular flexibility index (Phi) is 2.90. The van der Waals surface area contributed by atoms with Crippen molar-refractivity contribution in [1.82, 2.24) is 15.5 Å². The minimum Gasteiger partial charge on any atom is -0.396 e. The van der Waals surface area contributed by atoms with E-state index >= 15 is 0 Å². The van der Waals surface area contributed by atoms with Gasteiger partial charge >= 0.3 is 0 Å². The van der Waals surface area contributed by atoms with Crippen molar-refractivity contribution in [3.63, 3.8) is 0 Å². The third kappa shape index (κ3) is 1.78. The number of hydrogen-bond donors (Lipinski definition) is 6. The molecule has 0 aromatic carbocycles. The van der Waals surface area contributed by atoms with Crippen molar-refractivity contribution in [2.24, 2.45) is 5.92 Å². The average molecular weight is 268 g/mol. The summed E-state index contributed by atoms with van der Waals surface area (Å²) in [6.45, 7) is -0.172. The molecule has 9 nitrogen and oxygen atoms in total. The maximum atomic E-state index is 10.1. The van der Waals surface area contributed by atoms with E-state index in [0.29, 0.717) is 23.7 Å². The predicted molar refractivity (Wildman–Crippen MR) is 66.7 cm³/mol. The lowest BCUT2D eigenvalue weighted by molar-refractivity contribution is 0.00176. The van der Waals surface area contributed by atoms with Gasteiger partial charge in [-0.3, -0.25) is 10.4 Å². The monoisotopic (exact) mass is 268 g/mol. The second kappa shape index (κ2) is 4.46. The number of anilines is 3. The number of aromatic nitrogens is 2. The van der Waals surface area contributed by atoms with Crippen molar-refractivity contribution in [2.45, 2.75) is 24.7 Å². The average Bonchev–Trinajstić information content (AvgIpc) is 2.94. The van der Waals surface area contributed by atoms with Crippen molar-refractivity contribution >= 4 is 17.3 Å². The van der Waals surface area contributed by atoms with Crippen LogP contribution >= 0.6 is 0 Å². The maximum Gasteiger partial charge on any atom is 0.175 e. The summed E-state index contributed by atoms with van der Waals surface area (Å²) in [5.74, 6) is 0.458. The highest BCUT2D eigenvalue weighted by molar-refractivity contribution is 5.78. The van der Waals surface area contributed by atoms with E-state index in [2.05, 4.69) is 20.9 Å². The van der Waals surface area contributed by atoms with Gasteiger partial charge in [0.2, 0.25) is 0 Å². The highest BCUT2D eigenvalue weighted by atomic mass is 16.3. The summed E-state index contributed by atoms with van der Waals surface area (Å²) in [5, 5.41) is 30.7. The molecule has 104 valence electrons. The van der Waals surface area contributed by atoms with E-state index in [1.54, 1.807) is 5.01 Å². The van der Waals surface area contributed by atoms with Crippen molar-refractivity contribution in [3.05, 3.63) is 6.33 Å². The third-order valence-corrected chi connectivity index (χ3v) is 3.72. The Morgan fingerprint density at radius 3 is 2.84 bits per heavy atom. The second-order valence-corrected chi connectivity index (χ2v) is 4.79. The topological polar surface area (TPSA) is 140 Å². The molecule has 0 radical (unpaired) electrons. The number of rotatable bonds is 2. The summed E-state index contributed by atoms with van der Waals surface area (Å²) in [6, 6.07) is -0.407. The molecular formula is C10H16N6O3. The van der Waals surface area contributed by atoms with Gasteiger partial charge in [-0.2, -0.15) is 0 Å². The first-order chi connectivity index (χ1) is 9.13. The molecule has 2 heterocycles. The van der Waals surface area contributed by atoms with E-state index in [1.807, 2.05) is 0 Å². The Morgan fingerprint density at radius 1 is 1.37 bits per heavy atom. The molecular weight excluding hydrogens is 252 g/mol. The first-order valence-corrected chi connectivity index (χ1v) is 6.02. The Morgan fingerprint density at radius 2 is 2.16 bits per heavy atom. The van der Waals surface area contributed by atoms with Crippen molar-refractivity contribution < 1.29 is 15.3 Å². The van der Waals surface area contributed by atoms with E-state index in [0.717, 1.165) is 0 Å². The Bertz CT molecular complexity index is 486. The van der Waals surface area contributed by atoms with E-state index in [1.165, 1.54) is 6.33 Å². The number of aliphatic hydroxyl groups excluding tert-OH is 3. The molecule has 2 aliphatic rings.